The third kappa shape index (κ3) is 8.01. The maximum absolute atomic E-state index is 14.2. The minimum absolute atomic E-state index is 0.142. The van der Waals surface area contributed by atoms with E-state index in [0.29, 0.717) is 30.6 Å². The van der Waals surface area contributed by atoms with Gasteiger partial charge >= 0.3 is 18.0 Å². The number of hydrogen-bond donors (Lipinski definition) is 4. The SMILES string of the molecule is CC(C)C[C@H](CC(=O)O)NC(=O)[C@H](C(C)C)N1C(=O)N(Cc2ccc(NC(=O)Nc3ccccc3)cc2)C2(CCCCC2)C1=O. The zero-order valence-corrected chi connectivity index (χ0v) is 26.5. The van der Waals surface area contributed by atoms with Crippen LogP contribution in [0.25, 0.3) is 0 Å². The molecule has 0 bridgehead atoms. The van der Waals surface area contributed by atoms with Gasteiger partial charge < -0.3 is 26.0 Å². The number of rotatable bonds is 12. The summed E-state index contributed by atoms with van der Waals surface area (Å²) in [6, 6.07) is 13.6. The highest BCUT2D eigenvalue weighted by molar-refractivity contribution is 6.10. The van der Waals surface area contributed by atoms with E-state index in [2.05, 4.69) is 16.0 Å². The first kappa shape index (κ1) is 33.5. The minimum Gasteiger partial charge on any atom is -0.481 e. The molecule has 242 valence electrons. The largest absolute Gasteiger partial charge is 0.481 e. The Bertz CT molecular complexity index is 1370. The van der Waals surface area contributed by atoms with Crippen LogP contribution < -0.4 is 16.0 Å². The summed E-state index contributed by atoms with van der Waals surface area (Å²) in [6.07, 6.45) is 3.77. The van der Waals surface area contributed by atoms with Crippen LogP contribution in [0.2, 0.25) is 0 Å². The fraction of sp³-hybridized carbons (Fsp3) is 0.500. The van der Waals surface area contributed by atoms with Gasteiger partial charge in [0.05, 0.1) is 6.42 Å². The van der Waals surface area contributed by atoms with Gasteiger partial charge in [0.2, 0.25) is 5.91 Å². The molecule has 1 saturated heterocycles. The van der Waals surface area contributed by atoms with Crippen molar-refractivity contribution < 1.29 is 29.1 Å². The van der Waals surface area contributed by atoms with Gasteiger partial charge in [-0.25, -0.2) is 14.5 Å². The number of para-hydroxylation sites is 1. The zero-order chi connectivity index (χ0) is 32.7. The summed E-state index contributed by atoms with van der Waals surface area (Å²) in [5.74, 6) is -2.16. The fourth-order valence-corrected chi connectivity index (χ4v) is 6.49. The topological polar surface area (TPSA) is 148 Å². The number of carboxylic acid groups (broad SMARTS) is 1. The molecule has 1 saturated carbocycles. The van der Waals surface area contributed by atoms with Crippen LogP contribution in [-0.2, 0) is 20.9 Å². The van der Waals surface area contributed by atoms with Gasteiger partial charge in [0, 0.05) is 24.0 Å². The van der Waals surface area contributed by atoms with Crippen LogP contribution in [0.15, 0.2) is 54.6 Å². The van der Waals surface area contributed by atoms with E-state index in [0.717, 1.165) is 29.7 Å². The average molecular weight is 620 g/mol. The molecule has 0 unspecified atom stereocenters. The Morgan fingerprint density at radius 1 is 0.867 bits per heavy atom. The maximum atomic E-state index is 14.2. The number of carboxylic acids is 1. The highest BCUT2D eigenvalue weighted by Gasteiger charge is 2.60. The minimum atomic E-state index is -1.08. The van der Waals surface area contributed by atoms with E-state index in [1.807, 2.05) is 44.2 Å². The van der Waals surface area contributed by atoms with Crippen molar-refractivity contribution in [3.05, 3.63) is 60.2 Å². The molecule has 4 N–H and O–H groups in total. The Hall–Kier alpha value is -4.41. The lowest BCUT2D eigenvalue weighted by atomic mass is 9.80. The predicted octanol–water partition coefficient (Wildman–Crippen LogP) is 5.83. The number of benzene rings is 2. The standard InChI is InChI=1S/C34H45N5O6/c1-22(2)19-27(20-28(40)41)35-30(42)29(23(3)4)39-31(43)34(17-9-6-10-18-34)38(33(39)45)21-24-13-15-26(16-14-24)37-32(44)36-25-11-7-5-8-12-25/h5,7-8,11-16,22-23,27,29H,6,9-10,17-21H2,1-4H3,(H,35,42)(H,40,41)(H2,36,37,44)/t27-,29+/m1/s1. The summed E-state index contributed by atoms with van der Waals surface area (Å²) in [4.78, 5) is 68.8. The molecule has 11 heteroatoms. The fourth-order valence-electron chi connectivity index (χ4n) is 6.49. The summed E-state index contributed by atoms with van der Waals surface area (Å²) in [7, 11) is 0. The van der Waals surface area contributed by atoms with Gasteiger partial charge in [-0.1, -0.05) is 77.3 Å². The molecule has 6 amide bonds. The molecule has 1 heterocycles. The number of imide groups is 1. The molecule has 11 nitrogen and oxygen atoms in total. The summed E-state index contributed by atoms with van der Waals surface area (Å²) in [5.41, 5.74) is 0.963. The van der Waals surface area contributed by atoms with Crippen molar-refractivity contribution in [1.29, 1.82) is 0 Å². The second-order valence-electron chi connectivity index (χ2n) is 12.9. The molecule has 0 aromatic heterocycles. The molecule has 2 aromatic carbocycles. The van der Waals surface area contributed by atoms with Gasteiger partial charge in [-0.2, -0.15) is 0 Å². The number of aliphatic carboxylic acids is 1. The van der Waals surface area contributed by atoms with Gasteiger partial charge in [0.25, 0.3) is 5.91 Å². The Morgan fingerprint density at radius 3 is 2.02 bits per heavy atom. The number of anilines is 2. The van der Waals surface area contributed by atoms with E-state index in [4.69, 9.17) is 0 Å². The van der Waals surface area contributed by atoms with Gasteiger partial charge in [0.1, 0.15) is 11.6 Å². The maximum Gasteiger partial charge on any atom is 0.328 e. The van der Waals surface area contributed by atoms with E-state index < -0.39 is 41.4 Å². The Balaban J connectivity index is 1.54. The van der Waals surface area contributed by atoms with Crippen LogP contribution in [0.3, 0.4) is 0 Å². The van der Waals surface area contributed by atoms with Crippen molar-refractivity contribution in [3.8, 4) is 0 Å². The van der Waals surface area contributed by atoms with Crippen molar-refractivity contribution in [2.75, 3.05) is 10.6 Å². The second kappa shape index (κ2) is 14.6. The van der Waals surface area contributed by atoms with Crippen LogP contribution in [0.4, 0.5) is 21.0 Å². The Kier molecular flexibility index (Phi) is 10.8. The third-order valence-corrected chi connectivity index (χ3v) is 8.54. The number of hydrogen-bond acceptors (Lipinski definition) is 5. The predicted molar refractivity (Wildman–Crippen MR) is 171 cm³/mol. The van der Waals surface area contributed by atoms with Crippen LogP contribution in [0.1, 0.15) is 78.2 Å². The van der Waals surface area contributed by atoms with E-state index in [1.54, 1.807) is 43.0 Å². The van der Waals surface area contributed by atoms with Crippen molar-refractivity contribution >= 4 is 41.2 Å². The van der Waals surface area contributed by atoms with Gasteiger partial charge in [0.15, 0.2) is 0 Å². The normalized spacial score (nSPS) is 17.5. The number of carbonyl (C=O) groups is 5. The van der Waals surface area contributed by atoms with E-state index >= 15 is 0 Å². The summed E-state index contributed by atoms with van der Waals surface area (Å²) >= 11 is 0. The van der Waals surface area contributed by atoms with Crippen LogP contribution in [0.5, 0.6) is 0 Å². The Labute approximate surface area is 264 Å². The molecule has 4 rings (SSSR count). The zero-order valence-electron chi connectivity index (χ0n) is 26.5. The molecule has 45 heavy (non-hydrogen) atoms. The highest BCUT2D eigenvalue weighted by Crippen LogP contribution is 2.43. The lowest BCUT2D eigenvalue weighted by Crippen LogP contribution is -2.56. The lowest BCUT2D eigenvalue weighted by molar-refractivity contribution is -0.143. The first-order valence-electron chi connectivity index (χ1n) is 15.8. The first-order chi connectivity index (χ1) is 21.4. The summed E-state index contributed by atoms with van der Waals surface area (Å²) in [6.45, 7) is 7.63. The molecule has 1 spiro atoms. The van der Waals surface area contributed by atoms with Gasteiger partial charge in [-0.3, -0.25) is 14.4 Å². The number of nitrogens with one attached hydrogen (secondary N) is 3. The number of amides is 6. The molecule has 1 aliphatic heterocycles. The van der Waals surface area contributed by atoms with Crippen molar-refractivity contribution in [2.45, 2.75) is 96.8 Å². The third-order valence-electron chi connectivity index (χ3n) is 8.54. The van der Waals surface area contributed by atoms with Gasteiger partial charge in [-0.15, -0.1) is 0 Å². The monoisotopic (exact) mass is 619 g/mol. The quantitative estimate of drug-likeness (QED) is 0.220. The molecule has 2 atom stereocenters. The summed E-state index contributed by atoms with van der Waals surface area (Å²) < 4.78 is 0. The first-order valence-corrected chi connectivity index (χ1v) is 15.8. The van der Waals surface area contributed by atoms with Crippen molar-refractivity contribution in [2.24, 2.45) is 11.8 Å². The highest BCUT2D eigenvalue weighted by atomic mass is 16.4. The molecule has 2 aromatic rings. The van der Waals surface area contributed by atoms with Crippen LogP contribution in [0, 0.1) is 11.8 Å². The molecular formula is C34H45N5O6. The molecular weight excluding hydrogens is 574 g/mol. The average Bonchev–Trinajstić information content (AvgIpc) is 3.15. The van der Waals surface area contributed by atoms with Crippen molar-refractivity contribution in [1.82, 2.24) is 15.1 Å². The number of carbonyl (C=O) groups excluding carboxylic acids is 4. The van der Waals surface area contributed by atoms with E-state index in [1.165, 1.54) is 0 Å². The van der Waals surface area contributed by atoms with Crippen LogP contribution in [-0.4, -0.2) is 62.4 Å². The van der Waals surface area contributed by atoms with Crippen LogP contribution >= 0.6 is 0 Å². The second-order valence-corrected chi connectivity index (χ2v) is 12.9. The van der Waals surface area contributed by atoms with E-state index in [-0.39, 0.29) is 30.8 Å². The molecule has 1 aliphatic carbocycles. The number of urea groups is 2. The number of nitrogens with zero attached hydrogens (tertiary/aromatic N) is 2. The Morgan fingerprint density at radius 2 is 1.47 bits per heavy atom. The van der Waals surface area contributed by atoms with Crippen molar-refractivity contribution in [3.63, 3.8) is 0 Å². The summed E-state index contributed by atoms with van der Waals surface area (Å²) in [5, 5.41) is 17.8. The van der Waals surface area contributed by atoms with Gasteiger partial charge in [-0.05, 0) is 60.9 Å². The smallest absolute Gasteiger partial charge is 0.328 e. The molecule has 2 fully saturated rings. The molecule has 0 radical (unpaired) electrons. The lowest BCUT2D eigenvalue weighted by Gasteiger charge is -2.38. The van der Waals surface area contributed by atoms with E-state index in [9.17, 15) is 29.1 Å². The molecule has 2 aliphatic rings.